The summed E-state index contributed by atoms with van der Waals surface area (Å²) in [5.41, 5.74) is 0.827. The number of benzene rings is 2. The zero-order valence-corrected chi connectivity index (χ0v) is 13.8. The second kappa shape index (κ2) is 7.78. The smallest absolute Gasteiger partial charge is 0.236 e. The van der Waals surface area contributed by atoms with E-state index in [1.807, 2.05) is 0 Å². The molecule has 2 aromatic rings. The molecule has 128 valence electrons. The third-order valence-electron chi connectivity index (χ3n) is 2.89. The molecule has 0 saturated carbocycles. The second-order valence-corrected chi connectivity index (χ2v) is 6.83. The number of halogens is 1. The fourth-order valence-corrected chi connectivity index (χ4v) is 2.79. The topological polar surface area (TPSA) is 84.5 Å². The summed E-state index contributed by atoms with van der Waals surface area (Å²) >= 11 is 0. The molecule has 1 amide bonds. The number of nitrogens with one attached hydrogen (secondary N) is 2. The maximum Gasteiger partial charge on any atom is 0.236 e. The van der Waals surface area contributed by atoms with Crippen molar-refractivity contribution in [2.75, 3.05) is 22.4 Å². The molecule has 0 aromatic heterocycles. The zero-order valence-electron chi connectivity index (χ0n) is 13.0. The van der Waals surface area contributed by atoms with Crippen molar-refractivity contribution in [2.24, 2.45) is 0 Å². The predicted octanol–water partition coefficient (Wildman–Crippen LogP) is 2.60. The molecule has 0 radical (unpaired) electrons. The quantitative estimate of drug-likeness (QED) is 0.802. The monoisotopic (exact) mass is 352 g/mol. The summed E-state index contributed by atoms with van der Waals surface area (Å²) in [6, 6.07) is 11.7. The Bertz CT molecular complexity index is 807. The lowest BCUT2D eigenvalue weighted by Gasteiger charge is -2.10. The van der Waals surface area contributed by atoms with Crippen molar-refractivity contribution in [1.82, 2.24) is 0 Å². The van der Waals surface area contributed by atoms with Crippen LogP contribution in [0.5, 0.6) is 5.75 Å². The van der Waals surface area contributed by atoms with E-state index in [0.717, 1.165) is 0 Å². The summed E-state index contributed by atoms with van der Waals surface area (Å²) in [4.78, 5) is 11.0. The van der Waals surface area contributed by atoms with Crippen LogP contribution in [0.15, 0.2) is 48.5 Å². The number of ether oxygens (including phenoxy) is 1. The average molecular weight is 352 g/mol. The molecule has 8 heteroatoms. The number of carbonyl (C=O) groups excluding carboxylic acids is 1. The number of sulfonamides is 1. The fraction of sp³-hybridized carbons (Fsp3) is 0.188. The van der Waals surface area contributed by atoms with Crippen LogP contribution in [0.25, 0.3) is 0 Å². The molecule has 0 unspecified atom stereocenters. The summed E-state index contributed by atoms with van der Waals surface area (Å²) in [6.07, 6.45) is 0. The highest BCUT2D eigenvalue weighted by atomic mass is 32.2. The number of carbonyl (C=O) groups is 1. The van der Waals surface area contributed by atoms with E-state index in [4.69, 9.17) is 4.74 Å². The van der Waals surface area contributed by atoms with Crippen LogP contribution in [0.2, 0.25) is 0 Å². The molecule has 2 aromatic carbocycles. The Morgan fingerprint density at radius 1 is 1.12 bits per heavy atom. The average Bonchev–Trinajstić information content (AvgIpc) is 2.48. The van der Waals surface area contributed by atoms with E-state index in [2.05, 4.69) is 10.0 Å². The zero-order chi connectivity index (χ0) is 17.6. The Morgan fingerprint density at radius 3 is 2.46 bits per heavy atom. The van der Waals surface area contributed by atoms with Crippen LogP contribution < -0.4 is 14.8 Å². The van der Waals surface area contributed by atoms with Gasteiger partial charge < -0.3 is 10.1 Å². The van der Waals surface area contributed by atoms with Gasteiger partial charge in [-0.2, -0.15) is 0 Å². The van der Waals surface area contributed by atoms with Gasteiger partial charge in [0.05, 0.1) is 5.69 Å². The molecule has 0 heterocycles. The first kappa shape index (κ1) is 17.7. The number of amides is 1. The van der Waals surface area contributed by atoms with Crippen molar-refractivity contribution in [2.45, 2.75) is 6.92 Å². The number of hydrogen-bond acceptors (Lipinski definition) is 4. The van der Waals surface area contributed by atoms with Gasteiger partial charge in [-0.15, -0.1) is 0 Å². The van der Waals surface area contributed by atoms with E-state index >= 15 is 0 Å². The lowest BCUT2D eigenvalue weighted by molar-refractivity contribution is -0.114. The Morgan fingerprint density at radius 2 is 1.79 bits per heavy atom. The maximum atomic E-state index is 12.8. The first-order valence-corrected chi connectivity index (χ1v) is 8.76. The van der Waals surface area contributed by atoms with Gasteiger partial charge in [-0.05, 0) is 42.5 Å². The van der Waals surface area contributed by atoms with Crippen molar-refractivity contribution >= 4 is 27.3 Å². The molecule has 0 saturated heterocycles. The summed E-state index contributed by atoms with van der Waals surface area (Å²) in [6.45, 7) is 1.29. The van der Waals surface area contributed by atoms with Crippen LogP contribution >= 0.6 is 0 Å². The van der Waals surface area contributed by atoms with E-state index in [0.29, 0.717) is 17.1 Å². The second-order valence-electron chi connectivity index (χ2n) is 4.99. The van der Waals surface area contributed by atoms with Crippen LogP contribution in [0.4, 0.5) is 15.8 Å². The van der Waals surface area contributed by atoms with Crippen LogP contribution in [0.1, 0.15) is 6.92 Å². The van der Waals surface area contributed by atoms with Crippen LogP contribution in [-0.4, -0.2) is 26.7 Å². The summed E-state index contributed by atoms with van der Waals surface area (Å²) < 4.78 is 44.5. The molecular formula is C16H17FN2O4S. The van der Waals surface area contributed by atoms with Gasteiger partial charge in [0.2, 0.25) is 15.9 Å². The highest BCUT2D eigenvalue weighted by Crippen LogP contribution is 2.17. The summed E-state index contributed by atoms with van der Waals surface area (Å²) in [7, 11) is -3.62. The largest absolute Gasteiger partial charge is 0.492 e. The van der Waals surface area contributed by atoms with Gasteiger partial charge in [0.25, 0.3) is 0 Å². The van der Waals surface area contributed by atoms with Crippen molar-refractivity contribution in [1.29, 1.82) is 0 Å². The first-order valence-electron chi connectivity index (χ1n) is 7.10. The highest BCUT2D eigenvalue weighted by molar-refractivity contribution is 7.92. The third kappa shape index (κ3) is 5.88. The molecule has 0 bridgehead atoms. The molecule has 6 nitrogen and oxygen atoms in total. The first-order chi connectivity index (χ1) is 11.3. The van der Waals surface area contributed by atoms with Gasteiger partial charge in [-0.25, -0.2) is 12.8 Å². The summed E-state index contributed by atoms with van der Waals surface area (Å²) in [5, 5.41) is 2.57. The molecule has 2 N–H and O–H groups in total. The van der Waals surface area contributed by atoms with Gasteiger partial charge >= 0.3 is 0 Å². The SMILES string of the molecule is CC(=O)Nc1cccc(NS(=O)(=O)CCOc2ccc(F)cc2)c1. The third-order valence-corrected chi connectivity index (χ3v) is 4.14. The molecule has 0 fully saturated rings. The lowest BCUT2D eigenvalue weighted by Crippen LogP contribution is -2.21. The highest BCUT2D eigenvalue weighted by Gasteiger charge is 2.11. The molecule has 0 aliphatic carbocycles. The molecule has 0 aliphatic rings. The van der Waals surface area contributed by atoms with Gasteiger partial charge in [-0.1, -0.05) is 6.07 Å². The van der Waals surface area contributed by atoms with Gasteiger partial charge in [0.15, 0.2) is 0 Å². The predicted molar refractivity (Wildman–Crippen MR) is 90.1 cm³/mol. The Labute approximate surface area is 139 Å². The number of anilines is 2. The Kier molecular flexibility index (Phi) is 5.75. The van der Waals surface area contributed by atoms with Gasteiger partial charge in [0, 0.05) is 12.6 Å². The minimum atomic E-state index is -3.62. The van der Waals surface area contributed by atoms with E-state index in [-0.39, 0.29) is 18.3 Å². The molecular weight excluding hydrogens is 335 g/mol. The minimum absolute atomic E-state index is 0.0770. The maximum absolute atomic E-state index is 12.8. The van der Waals surface area contributed by atoms with E-state index in [9.17, 15) is 17.6 Å². The van der Waals surface area contributed by atoms with Crippen LogP contribution in [0, 0.1) is 5.82 Å². The van der Waals surface area contributed by atoms with Crippen LogP contribution in [-0.2, 0) is 14.8 Å². The Hall–Kier alpha value is -2.61. The van der Waals surface area contributed by atoms with Crippen LogP contribution in [0.3, 0.4) is 0 Å². The van der Waals surface area contributed by atoms with E-state index in [1.54, 1.807) is 18.2 Å². The normalized spacial score (nSPS) is 10.9. The molecule has 0 atom stereocenters. The van der Waals surface area contributed by atoms with Gasteiger partial charge in [0.1, 0.15) is 23.9 Å². The summed E-state index contributed by atoms with van der Waals surface area (Å²) in [5.74, 6) is -0.521. The van der Waals surface area contributed by atoms with E-state index < -0.39 is 15.8 Å². The number of rotatable bonds is 7. The van der Waals surface area contributed by atoms with Crippen molar-refractivity contribution in [3.8, 4) is 5.75 Å². The van der Waals surface area contributed by atoms with Crippen molar-refractivity contribution in [3.63, 3.8) is 0 Å². The standard InChI is InChI=1S/C16H17FN2O4S/c1-12(20)18-14-3-2-4-15(11-14)19-24(21,22)10-9-23-16-7-5-13(17)6-8-16/h2-8,11,19H,9-10H2,1H3,(H,18,20). The van der Waals surface area contributed by atoms with Crippen molar-refractivity contribution < 1.29 is 22.3 Å². The molecule has 24 heavy (non-hydrogen) atoms. The minimum Gasteiger partial charge on any atom is -0.492 e. The lowest BCUT2D eigenvalue weighted by atomic mass is 10.3. The van der Waals surface area contributed by atoms with Gasteiger partial charge in [-0.3, -0.25) is 9.52 Å². The Balaban J connectivity index is 1.91. The van der Waals surface area contributed by atoms with Crippen molar-refractivity contribution in [3.05, 3.63) is 54.3 Å². The van der Waals surface area contributed by atoms with E-state index in [1.165, 1.54) is 37.3 Å². The molecule has 0 spiro atoms. The number of hydrogen-bond donors (Lipinski definition) is 2. The fourth-order valence-electron chi connectivity index (χ4n) is 1.89. The molecule has 2 rings (SSSR count). The molecule has 0 aliphatic heterocycles.